The first-order valence-corrected chi connectivity index (χ1v) is 7.26. The van der Waals surface area contributed by atoms with Crippen LogP contribution in [0.2, 0.25) is 0 Å². The monoisotopic (exact) mass is 329 g/mol. The average molecular weight is 329 g/mol. The van der Waals surface area contributed by atoms with Gasteiger partial charge in [0.15, 0.2) is 5.82 Å². The van der Waals surface area contributed by atoms with Gasteiger partial charge in [0.05, 0.1) is 30.9 Å². The number of methoxy groups -OCH3 is 1. The number of hydrogen-bond acceptors (Lipinski definition) is 5. The van der Waals surface area contributed by atoms with Gasteiger partial charge in [-0.15, -0.1) is 0 Å². The second-order valence-electron chi connectivity index (χ2n) is 5.07. The van der Waals surface area contributed by atoms with E-state index >= 15 is 0 Å². The minimum Gasteiger partial charge on any atom is -0.495 e. The molecule has 24 heavy (non-hydrogen) atoms. The van der Waals surface area contributed by atoms with Crippen molar-refractivity contribution in [1.29, 1.82) is 0 Å². The summed E-state index contributed by atoms with van der Waals surface area (Å²) >= 11 is 0. The molecular formula is C16H19N5O3. The summed E-state index contributed by atoms with van der Waals surface area (Å²) in [5, 5.41) is 7.98. The zero-order chi connectivity index (χ0) is 17.5. The summed E-state index contributed by atoms with van der Waals surface area (Å²) in [5.74, 6) is 0.720. The molecule has 8 nitrogen and oxygen atoms in total. The van der Waals surface area contributed by atoms with Crippen LogP contribution in [-0.4, -0.2) is 29.0 Å². The van der Waals surface area contributed by atoms with Gasteiger partial charge in [0, 0.05) is 13.5 Å². The molecule has 1 aromatic heterocycles. The standard InChI is InChI=1S/C16H19N5O3/c1-10-7-19-15(9-17-10)21-16(23)20-13-5-4-12(6-14(13)24-3)8-18-11(2)22/h4-7,9H,8H2,1-3H3,(H,18,22)(H2,19,20,21,23). The van der Waals surface area contributed by atoms with Crippen LogP contribution < -0.4 is 20.7 Å². The lowest BCUT2D eigenvalue weighted by Crippen LogP contribution is -2.21. The third-order valence-electron chi connectivity index (χ3n) is 3.08. The Bertz CT molecular complexity index is 731. The molecule has 0 spiro atoms. The SMILES string of the molecule is COc1cc(CNC(C)=O)ccc1NC(=O)Nc1cnc(C)cn1. The first-order chi connectivity index (χ1) is 11.5. The van der Waals surface area contributed by atoms with Gasteiger partial charge in [-0.25, -0.2) is 9.78 Å². The molecule has 0 atom stereocenters. The zero-order valence-electron chi connectivity index (χ0n) is 13.7. The smallest absolute Gasteiger partial charge is 0.324 e. The fraction of sp³-hybridized carbons (Fsp3) is 0.250. The topological polar surface area (TPSA) is 105 Å². The number of carbonyl (C=O) groups is 2. The van der Waals surface area contributed by atoms with E-state index in [9.17, 15) is 9.59 Å². The van der Waals surface area contributed by atoms with Gasteiger partial charge in [-0.2, -0.15) is 0 Å². The van der Waals surface area contributed by atoms with Crippen molar-refractivity contribution < 1.29 is 14.3 Å². The molecule has 1 heterocycles. The van der Waals surface area contributed by atoms with E-state index in [1.165, 1.54) is 20.2 Å². The van der Waals surface area contributed by atoms with Crippen molar-refractivity contribution in [3.8, 4) is 5.75 Å². The number of hydrogen-bond donors (Lipinski definition) is 3. The van der Waals surface area contributed by atoms with Crippen LogP contribution in [0, 0.1) is 6.92 Å². The Kier molecular flexibility index (Phi) is 5.67. The molecule has 0 saturated carbocycles. The highest BCUT2D eigenvalue weighted by molar-refractivity contribution is 6.00. The quantitative estimate of drug-likeness (QED) is 0.779. The van der Waals surface area contributed by atoms with Crippen molar-refractivity contribution in [2.24, 2.45) is 0 Å². The molecule has 1 aromatic carbocycles. The molecule has 2 rings (SSSR count). The minimum atomic E-state index is -0.457. The molecule has 0 bridgehead atoms. The molecule has 2 aromatic rings. The number of anilines is 2. The van der Waals surface area contributed by atoms with Crippen LogP contribution >= 0.6 is 0 Å². The van der Waals surface area contributed by atoms with Gasteiger partial charge < -0.3 is 15.4 Å². The predicted octanol–water partition coefficient (Wildman–Crippen LogP) is 2.07. The Labute approximate surface area is 139 Å². The number of rotatable bonds is 5. The molecule has 3 amide bonds. The van der Waals surface area contributed by atoms with E-state index in [0.717, 1.165) is 11.3 Å². The lowest BCUT2D eigenvalue weighted by atomic mass is 10.2. The van der Waals surface area contributed by atoms with E-state index in [4.69, 9.17) is 4.74 Å². The number of ether oxygens (including phenoxy) is 1. The Morgan fingerprint density at radius 2 is 1.96 bits per heavy atom. The number of amides is 3. The van der Waals surface area contributed by atoms with Crippen molar-refractivity contribution in [2.75, 3.05) is 17.7 Å². The first-order valence-electron chi connectivity index (χ1n) is 7.26. The fourth-order valence-electron chi connectivity index (χ4n) is 1.90. The maximum absolute atomic E-state index is 12.0. The molecule has 0 aliphatic rings. The largest absolute Gasteiger partial charge is 0.495 e. The van der Waals surface area contributed by atoms with E-state index in [2.05, 4.69) is 25.9 Å². The van der Waals surface area contributed by atoms with Crippen molar-refractivity contribution in [3.63, 3.8) is 0 Å². The van der Waals surface area contributed by atoms with Gasteiger partial charge in [-0.1, -0.05) is 6.07 Å². The Balaban J connectivity index is 2.03. The molecule has 126 valence electrons. The van der Waals surface area contributed by atoms with Crippen LogP contribution in [-0.2, 0) is 11.3 Å². The molecule has 0 unspecified atom stereocenters. The summed E-state index contributed by atoms with van der Waals surface area (Å²) in [5.41, 5.74) is 2.12. The average Bonchev–Trinajstić information content (AvgIpc) is 2.56. The van der Waals surface area contributed by atoms with E-state index in [-0.39, 0.29) is 5.91 Å². The lowest BCUT2D eigenvalue weighted by molar-refractivity contribution is -0.119. The van der Waals surface area contributed by atoms with Crippen LogP contribution in [0.25, 0.3) is 0 Å². The van der Waals surface area contributed by atoms with Crippen LogP contribution in [0.4, 0.5) is 16.3 Å². The molecule has 0 fully saturated rings. The van der Waals surface area contributed by atoms with Crippen LogP contribution in [0.15, 0.2) is 30.6 Å². The summed E-state index contributed by atoms with van der Waals surface area (Å²) < 4.78 is 5.28. The van der Waals surface area contributed by atoms with Gasteiger partial charge in [0.25, 0.3) is 0 Å². The van der Waals surface area contributed by atoms with Crippen molar-refractivity contribution in [2.45, 2.75) is 20.4 Å². The minimum absolute atomic E-state index is 0.116. The number of benzene rings is 1. The number of nitrogens with zero attached hydrogens (tertiary/aromatic N) is 2. The highest BCUT2D eigenvalue weighted by Gasteiger charge is 2.09. The molecule has 0 aliphatic heterocycles. The normalized spacial score (nSPS) is 9.96. The Hall–Kier alpha value is -3.16. The van der Waals surface area contributed by atoms with E-state index in [1.54, 1.807) is 24.4 Å². The Morgan fingerprint density at radius 3 is 2.58 bits per heavy atom. The maximum Gasteiger partial charge on any atom is 0.324 e. The molecule has 0 radical (unpaired) electrons. The molecular weight excluding hydrogens is 310 g/mol. The molecule has 0 saturated heterocycles. The second-order valence-corrected chi connectivity index (χ2v) is 5.07. The summed E-state index contributed by atoms with van der Waals surface area (Å²) in [6.07, 6.45) is 3.04. The van der Waals surface area contributed by atoms with E-state index in [0.29, 0.717) is 23.8 Å². The third kappa shape index (κ3) is 4.94. The van der Waals surface area contributed by atoms with Gasteiger partial charge in [-0.05, 0) is 24.6 Å². The van der Waals surface area contributed by atoms with Gasteiger partial charge in [0.1, 0.15) is 5.75 Å². The number of urea groups is 1. The van der Waals surface area contributed by atoms with Crippen molar-refractivity contribution >= 4 is 23.4 Å². The van der Waals surface area contributed by atoms with E-state index < -0.39 is 6.03 Å². The van der Waals surface area contributed by atoms with Crippen LogP contribution in [0.3, 0.4) is 0 Å². The molecule has 0 aliphatic carbocycles. The summed E-state index contributed by atoms with van der Waals surface area (Å²) in [6.45, 7) is 3.65. The maximum atomic E-state index is 12.0. The summed E-state index contributed by atoms with van der Waals surface area (Å²) in [4.78, 5) is 31.1. The number of aryl methyl sites for hydroxylation is 1. The van der Waals surface area contributed by atoms with Gasteiger partial charge in [-0.3, -0.25) is 15.1 Å². The summed E-state index contributed by atoms with van der Waals surface area (Å²) in [6, 6.07) is 4.79. The van der Waals surface area contributed by atoms with Gasteiger partial charge in [0.2, 0.25) is 5.91 Å². The first kappa shape index (κ1) is 17.2. The second kappa shape index (κ2) is 7.91. The van der Waals surface area contributed by atoms with E-state index in [1.807, 2.05) is 6.92 Å². The fourth-order valence-corrected chi connectivity index (χ4v) is 1.90. The third-order valence-corrected chi connectivity index (χ3v) is 3.08. The lowest BCUT2D eigenvalue weighted by Gasteiger charge is -2.12. The number of carbonyl (C=O) groups excluding carboxylic acids is 2. The van der Waals surface area contributed by atoms with Crippen LogP contribution in [0.1, 0.15) is 18.2 Å². The van der Waals surface area contributed by atoms with Crippen molar-refractivity contribution in [3.05, 3.63) is 41.9 Å². The molecule has 8 heteroatoms. The summed E-state index contributed by atoms with van der Waals surface area (Å²) in [7, 11) is 1.51. The van der Waals surface area contributed by atoms with Gasteiger partial charge >= 0.3 is 6.03 Å². The Morgan fingerprint density at radius 1 is 1.17 bits per heavy atom. The highest BCUT2D eigenvalue weighted by atomic mass is 16.5. The highest BCUT2D eigenvalue weighted by Crippen LogP contribution is 2.25. The number of aromatic nitrogens is 2. The predicted molar refractivity (Wildman–Crippen MR) is 89.9 cm³/mol. The zero-order valence-corrected chi connectivity index (χ0v) is 13.7. The number of nitrogens with one attached hydrogen (secondary N) is 3. The van der Waals surface area contributed by atoms with Crippen molar-refractivity contribution in [1.82, 2.24) is 15.3 Å². The molecule has 3 N–H and O–H groups in total. The van der Waals surface area contributed by atoms with Crippen LogP contribution in [0.5, 0.6) is 5.75 Å².